The average molecular weight is 1120 g/mol. The molecule has 9 aliphatic rings. The molecule has 0 aromatic rings. The fourth-order valence-corrected chi connectivity index (χ4v) is 15.9. The van der Waals surface area contributed by atoms with E-state index in [4.69, 9.17) is 66.3 Å². The fraction of sp³-hybridized carbons (Fsp3) is 0.860. The minimum Gasteiger partial charge on any atom is -0.456 e. The zero-order chi connectivity index (χ0) is 57.2. The maximum atomic E-state index is 12.8. The van der Waals surface area contributed by atoms with E-state index in [0.29, 0.717) is 48.3 Å². The molecular formula is C57H84O22. The van der Waals surface area contributed by atoms with Crippen molar-refractivity contribution < 1.29 is 105 Å². The number of carbonyl (C=O) groups is 6. The Labute approximate surface area is 462 Å². The Hall–Kier alpha value is -3.84. The Bertz CT molecular complexity index is 2300. The highest BCUT2D eigenvalue weighted by atomic mass is 16.8. The van der Waals surface area contributed by atoms with Gasteiger partial charge in [-0.1, -0.05) is 39.3 Å². The molecule has 0 radical (unpaired) electrons. The summed E-state index contributed by atoms with van der Waals surface area (Å²) in [7, 11) is 0. The number of carbonyl (C=O) groups excluding carboxylic acids is 6. The molecule has 26 atom stereocenters. The zero-order valence-electron chi connectivity index (χ0n) is 47.7. The Morgan fingerprint density at radius 1 is 0.608 bits per heavy atom. The Kier molecular flexibility index (Phi) is 17.7. The summed E-state index contributed by atoms with van der Waals surface area (Å²) in [5, 5.41) is 23.8. The minimum atomic E-state index is -1.85. The predicted octanol–water partition coefficient (Wildman–Crippen LogP) is 4.67. The molecule has 8 fully saturated rings. The van der Waals surface area contributed by atoms with Gasteiger partial charge in [-0.3, -0.25) is 28.8 Å². The second-order valence-electron chi connectivity index (χ2n) is 24.6. The number of allylic oxidation sites excluding steroid dienone is 1. The summed E-state index contributed by atoms with van der Waals surface area (Å²) in [6.07, 6.45) is -11.9. The van der Waals surface area contributed by atoms with Crippen LogP contribution in [0.2, 0.25) is 0 Å². The van der Waals surface area contributed by atoms with Crippen LogP contribution in [0.3, 0.4) is 0 Å². The Balaban J connectivity index is 0.994. The predicted molar refractivity (Wildman–Crippen MR) is 270 cm³/mol. The molecule has 0 unspecified atom stereocenters. The number of esters is 6. The van der Waals surface area contributed by atoms with Gasteiger partial charge in [0.25, 0.3) is 0 Å². The normalized spacial score (nSPS) is 47.2. The van der Waals surface area contributed by atoms with Crippen molar-refractivity contribution in [2.24, 2.45) is 46.3 Å². The molecule has 3 saturated carbocycles. The van der Waals surface area contributed by atoms with E-state index in [2.05, 4.69) is 33.8 Å². The van der Waals surface area contributed by atoms with Crippen LogP contribution in [0.1, 0.15) is 141 Å². The summed E-state index contributed by atoms with van der Waals surface area (Å²) >= 11 is 0. The molecule has 444 valence electrons. The monoisotopic (exact) mass is 1120 g/mol. The molecule has 22 heteroatoms. The van der Waals surface area contributed by atoms with Crippen molar-refractivity contribution in [1.82, 2.24) is 0 Å². The Morgan fingerprint density at radius 3 is 1.65 bits per heavy atom. The molecular weight excluding hydrogens is 1040 g/mol. The van der Waals surface area contributed by atoms with Gasteiger partial charge in [0.15, 0.2) is 61.3 Å². The number of fused-ring (bicyclic) bond motifs is 7. The van der Waals surface area contributed by atoms with Gasteiger partial charge in [-0.2, -0.15) is 0 Å². The van der Waals surface area contributed by atoms with Gasteiger partial charge >= 0.3 is 35.8 Å². The molecule has 0 aromatic heterocycles. The van der Waals surface area contributed by atoms with E-state index in [0.717, 1.165) is 93.1 Å². The topological polar surface area (TPSA) is 272 Å². The summed E-state index contributed by atoms with van der Waals surface area (Å²) in [5.74, 6) is -2.56. The third-order valence-electron chi connectivity index (χ3n) is 19.3. The zero-order valence-corrected chi connectivity index (χ0v) is 47.7. The standard InChI is InChI=1S/C57H84O22/c1-25-15-20-57(66-24-25)26(2)42-40(79-57)22-39-37-14-13-35-21-36(16-18-55(35,11)38(37)17-19-56(39,42)12)75-52-47(78-54-51(74-34(10)64)49(72-32(8)62)45(28(4)68-54)70-30(6)60)43(65)46(41(23-58)76-52)77-53-50(73-33(9)63)48(71-31(7)61)44(27(3)67-53)69-29(5)59/h13,25-28,36-54,58,65H,14-24H2,1-12H3/t25-,26+,27+,28+,36+,37-,38+,39+,40+,41-,42+,43+,44+,45+,46-,47-,48-,49-,50-,51-,52+,53+,54+,55+,56+,57-/m1/s1. The maximum absolute atomic E-state index is 12.8. The maximum Gasteiger partial charge on any atom is 0.303 e. The first-order valence-electron chi connectivity index (χ1n) is 28.5. The summed E-state index contributed by atoms with van der Waals surface area (Å²) in [4.78, 5) is 75.3. The number of aliphatic hydroxyl groups is 2. The van der Waals surface area contributed by atoms with E-state index in [1.165, 1.54) is 19.4 Å². The van der Waals surface area contributed by atoms with Gasteiger partial charge in [-0.25, -0.2) is 0 Å². The molecule has 1 spiro atoms. The lowest BCUT2D eigenvalue weighted by Gasteiger charge is -2.59. The van der Waals surface area contributed by atoms with Crippen LogP contribution < -0.4 is 0 Å². The van der Waals surface area contributed by atoms with Crippen LogP contribution >= 0.6 is 0 Å². The molecule has 5 saturated heterocycles. The van der Waals surface area contributed by atoms with Crippen molar-refractivity contribution in [3.63, 3.8) is 0 Å². The van der Waals surface area contributed by atoms with E-state index < -0.39 is 146 Å². The van der Waals surface area contributed by atoms with E-state index >= 15 is 0 Å². The number of aliphatic hydroxyl groups excluding tert-OH is 2. The van der Waals surface area contributed by atoms with E-state index in [1.54, 1.807) is 0 Å². The number of hydrogen-bond donors (Lipinski definition) is 2. The van der Waals surface area contributed by atoms with Gasteiger partial charge < -0.3 is 76.5 Å². The quantitative estimate of drug-likeness (QED) is 0.144. The average Bonchev–Trinajstić information content (AvgIpc) is 2.81. The SMILES string of the molecule is CC(=O)O[C@@H]1[C@@H](OC(C)=O)[C@H](C)O[C@@H](O[C@H]2[C@@H](O[C@H]3CC[C@@]4(C)C(=CC[C@H]5[C@@H]6C[C@@H]7O[C@]8(CC[C@@H](C)CO8)[C@@H](C)[C@@H]7[C@@]6(C)CC[C@@H]54)C3)O[C@H](CO)[C@@H](O[C@@H]3O[C@@H](C)[C@H](OC(C)=O)[C@@H](OC(C)=O)[C@H]3OC(C)=O)[C@@H]2O)[C@@H]1OC(C)=O. The number of hydrogen-bond acceptors (Lipinski definition) is 22. The molecule has 2 N–H and O–H groups in total. The van der Waals surface area contributed by atoms with Crippen molar-refractivity contribution in [3.8, 4) is 0 Å². The lowest BCUT2D eigenvalue weighted by atomic mass is 9.47. The molecule has 5 heterocycles. The largest absolute Gasteiger partial charge is 0.456 e. The fourth-order valence-electron chi connectivity index (χ4n) is 15.9. The summed E-state index contributed by atoms with van der Waals surface area (Å²) in [6.45, 7) is 19.3. The van der Waals surface area contributed by atoms with E-state index in [-0.39, 0.29) is 16.9 Å². The number of ether oxygens (including phenoxy) is 14. The molecule has 0 amide bonds. The van der Waals surface area contributed by atoms with Crippen molar-refractivity contribution >= 4 is 35.8 Å². The first-order valence-corrected chi connectivity index (χ1v) is 28.5. The van der Waals surface area contributed by atoms with Crippen molar-refractivity contribution in [1.29, 1.82) is 0 Å². The Morgan fingerprint density at radius 2 is 1.13 bits per heavy atom. The summed E-state index contributed by atoms with van der Waals surface area (Å²) < 4.78 is 86.3. The molecule has 9 rings (SSSR count). The lowest BCUT2D eigenvalue weighted by Crippen LogP contribution is -2.67. The van der Waals surface area contributed by atoms with E-state index in [9.17, 15) is 39.0 Å². The van der Waals surface area contributed by atoms with Crippen LogP contribution in [0, 0.1) is 46.3 Å². The summed E-state index contributed by atoms with van der Waals surface area (Å²) in [6, 6.07) is 0. The van der Waals surface area contributed by atoms with Gasteiger partial charge in [0.05, 0.1) is 37.6 Å². The molecule has 0 bridgehead atoms. The van der Waals surface area contributed by atoms with Gasteiger partial charge in [0, 0.05) is 53.9 Å². The van der Waals surface area contributed by atoms with Crippen molar-refractivity contribution in [2.45, 2.75) is 251 Å². The highest BCUT2D eigenvalue weighted by Gasteiger charge is 2.69. The van der Waals surface area contributed by atoms with E-state index in [1.807, 2.05) is 0 Å². The van der Waals surface area contributed by atoms with Crippen molar-refractivity contribution in [2.75, 3.05) is 13.2 Å². The van der Waals surface area contributed by atoms with Crippen LogP contribution in [-0.2, 0) is 95.1 Å². The third kappa shape index (κ3) is 11.6. The highest BCUT2D eigenvalue weighted by molar-refractivity contribution is 5.69. The minimum absolute atomic E-state index is 0.116. The first-order chi connectivity index (χ1) is 37.3. The highest BCUT2D eigenvalue weighted by Crippen LogP contribution is 2.71. The van der Waals surface area contributed by atoms with Crippen LogP contribution in [0.5, 0.6) is 0 Å². The third-order valence-corrected chi connectivity index (χ3v) is 19.3. The summed E-state index contributed by atoms with van der Waals surface area (Å²) in [5.41, 5.74) is 1.30. The lowest BCUT2D eigenvalue weighted by molar-refractivity contribution is -0.389. The van der Waals surface area contributed by atoms with Gasteiger partial charge in [0.2, 0.25) is 0 Å². The smallest absolute Gasteiger partial charge is 0.303 e. The van der Waals surface area contributed by atoms with Crippen LogP contribution in [-0.4, -0.2) is 169 Å². The number of rotatable bonds is 13. The second kappa shape index (κ2) is 23.4. The van der Waals surface area contributed by atoms with Crippen molar-refractivity contribution in [3.05, 3.63) is 11.6 Å². The van der Waals surface area contributed by atoms with Gasteiger partial charge in [-0.15, -0.1) is 0 Å². The molecule has 0 aromatic carbocycles. The second-order valence-corrected chi connectivity index (χ2v) is 24.6. The first kappa shape index (κ1) is 59.8. The van der Waals surface area contributed by atoms with Crippen LogP contribution in [0.4, 0.5) is 0 Å². The molecule has 5 aliphatic heterocycles. The molecule has 79 heavy (non-hydrogen) atoms. The van der Waals surface area contributed by atoms with Crippen LogP contribution in [0.15, 0.2) is 11.6 Å². The van der Waals surface area contributed by atoms with Crippen LogP contribution in [0.25, 0.3) is 0 Å². The van der Waals surface area contributed by atoms with Gasteiger partial charge in [0.1, 0.15) is 24.4 Å². The molecule has 22 nitrogen and oxygen atoms in total. The molecule has 4 aliphatic carbocycles. The van der Waals surface area contributed by atoms with Gasteiger partial charge in [-0.05, 0) is 106 Å².